The van der Waals surface area contributed by atoms with Crippen molar-refractivity contribution in [2.24, 2.45) is 5.16 Å². The Morgan fingerprint density at radius 2 is 2.32 bits per heavy atom. The Morgan fingerprint density at radius 1 is 1.63 bits per heavy atom. The average molecular weight is 284 g/mol. The Labute approximate surface area is 114 Å². The number of hydrogen-bond acceptors (Lipinski definition) is 8. The molecule has 0 saturated carbocycles. The third-order valence-corrected chi connectivity index (χ3v) is 2.67. The van der Waals surface area contributed by atoms with Gasteiger partial charge in [0.2, 0.25) is 5.60 Å². The molecule has 0 saturated heterocycles. The highest BCUT2D eigenvalue weighted by atomic mass is 32.1. The predicted molar refractivity (Wildman–Crippen MR) is 70.6 cm³/mol. The number of thiazole rings is 1. The van der Waals surface area contributed by atoms with Crippen molar-refractivity contribution in [2.75, 3.05) is 12.3 Å². The number of nitrogens with zero attached hydrogens (tertiary/aromatic N) is 2. The van der Waals surface area contributed by atoms with Gasteiger partial charge in [-0.15, -0.1) is 11.3 Å². The van der Waals surface area contributed by atoms with Gasteiger partial charge in [0, 0.05) is 5.38 Å². The minimum Gasteiger partial charge on any atom is -0.463 e. The molecule has 2 N–H and O–H groups in total. The second-order valence-corrected chi connectivity index (χ2v) is 4.82. The summed E-state index contributed by atoms with van der Waals surface area (Å²) in [5, 5.41) is 5.42. The molecule has 1 radical (unpaired) electrons. The largest absolute Gasteiger partial charge is 0.463 e. The lowest BCUT2D eigenvalue weighted by atomic mass is 10.1. The first-order valence-corrected chi connectivity index (χ1v) is 6.31. The van der Waals surface area contributed by atoms with Crippen molar-refractivity contribution in [3.8, 4) is 0 Å². The molecule has 1 aromatic heterocycles. The molecule has 19 heavy (non-hydrogen) atoms. The molecule has 0 aliphatic heterocycles. The van der Waals surface area contributed by atoms with Gasteiger partial charge in [-0.25, -0.2) is 9.78 Å². The highest BCUT2D eigenvalue weighted by Crippen LogP contribution is 2.15. The molecule has 0 bridgehead atoms. The van der Waals surface area contributed by atoms with Crippen LogP contribution >= 0.6 is 11.3 Å². The molecule has 0 spiro atoms. The molecule has 103 valence electrons. The Hall–Kier alpha value is -1.96. The molecule has 0 atom stereocenters. The van der Waals surface area contributed by atoms with Crippen LogP contribution in [0.1, 0.15) is 26.5 Å². The van der Waals surface area contributed by atoms with Crippen LogP contribution in [-0.2, 0) is 19.2 Å². The average Bonchev–Trinajstić information content (AvgIpc) is 2.77. The van der Waals surface area contributed by atoms with Crippen LogP contribution in [0.15, 0.2) is 10.5 Å². The second kappa shape index (κ2) is 6.28. The molecule has 0 aromatic carbocycles. The van der Waals surface area contributed by atoms with Crippen molar-refractivity contribution >= 4 is 34.4 Å². The van der Waals surface area contributed by atoms with E-state index in [0.29, 0.717) is 5.13 Å². The van der Waals surface area contributed by atoms with Crippen LogP contribution in [0.5, 0.6) is 0 Å². The van der Waals surface area contributed by atoms with Crippen LogP contribution in [0.2, 0.25) is 0 Å². The Balaban J connectivity index is 2.83. The summed E-state index contributed by atoms with van der Waals surface area (Å²) in [4.78, 5) is 31.3. The third kappa shape index (κ3) is 4.02. The van der Waals surface area contributed by atoms with E-state index in [9.17, 15) is 9.59 Å². The monoisotopic (exact) mass is 284 g/mol. The Morgan fingerprint density at radius 3 is 2.79 bits per heavy atom. The number of carbonyl (C=O) groups is 1. The number of nitrogens with two attached hydrogens (primary N) is 1. The van der Waals surface area contributed by atoms with E-state index < -0.39 is 11.6 Å². The van der Waals surface area contributed by atoms with E-state index in [1.54, 1.807) is 18.6 Å². The number of rotatable bonds is 6. The summed E-state index contributed by atoms with van der Waals surface area (Å²) in [6, 6.07) is 0. The molecule has 1 aromatic rings. The lowest BCUT2D eigenvalue weighted by molar-refractivity contribution is -0.167. The van der Waals surface area contributed by atoms with Crippen LogP contribution in [0.25, 0.3) is 0 Å². The van der Waals surface area contributed by atoms with Crippen LogP contribution in [0.4, 0.5) is 5.13 Å². The van der Waals surface area contributed by atoms with Crippen molar-refractivity contribution in [2.45, 2.75) is 26.4 Å². The summed E-state index contributed by atoms with van der Waals surface area (Å²) in [7, 11) is 0. The number of oxime groups is 1. The maximum Gasteiger partial charge on any atom is 0.352 e. The van der Waals surface area contributed by atoms with Crippen molar-refractivity contribution in [1.82, 2.24) is 4.98 Å². The topological polar surface area (TPSA) is 104 Å². The number of esters is 1. The number of hydrogen-bond donors (Lipinski definition) is 1. The van der Waals surface area contributed by atoms with Gasteiger partial charge in [0.05, 0.1) is 6.61 Å². The standard InChI is InChI=1S/C11H14N3O4S/c1-4-17-9(16)11(2,3)18-14-7(5-15)8-6-19-10(12)13-8/h6H,4H2,1-3H3,(H2,12,13)/b14-7+. The molecular formula is C11H14N3O4S. The van der Waals surface area contributed by atoms with Gasteiger partial charge in [-0.2, -0.15) is 0 Å². The summed E-state index contributed by atoms with van der Waals surface area (Å²) < 4.78 is 4.82. The fraction of sp³-hybridized carbons (Fsp3) is 0.455. The summed E-state index contributed by atoms with van der Waals surface area (Å²) in [5.74, 6) is -0.582. The van der Waals surface area contributed by atoms with Gasteiger partial charge in [0.25, 0.3) is 6.29 Å². The van der Waals surface area contributed by atoms with Gasteiger partial charge in [0.1, 0.15) is 5.69 Å². The molecule has 0 amide bonds. The number of nitrogen functional groups attached to an aromatic ring is 1. The van der Waals surface area contributed by atoms with Gasteiger partial charge < -0.3 is 15.3 Å². The molecule has 0 fully saturated rings. The van der Waals surface area contributed by atoms with Crippen molar-refractivity contribution in [3.05, 3.63) is 11.1 Å². The molecule has 1 heterocycles. The number of carbonyl (C=O) groups excluding carboxylic acids is 2. The zero-order valence-corrected chi connectivity index (χ0v) is 11.6. The van der Waals surface area contributed by atoms with Crippen LogP contribution in [-0.4, -0.2) is 35.2 Å². The Bertz CT molecular complexity index is 496. The van der Waals surface area contributed by atoms with Gasteiger partial charge in [0.15, 0.2) is 10.8 Å². The maximum atomic E-state index is 11.6. The molecule has 0 unspecified atom stereocenters. The maximum absolute atomic E-state index is 11.6. The summed E-state index contributed by atoms with van der Waals surface area (Å²) in [6.45, 7) is 4.86. The number of anilines is 1. The van der Waals surface area contributed by atoms with Gasteiger partial charge >= 0.3 is 5.97 Å². The minimum atomic E-state index is -1.31. The van der Waals surface area contributed by atoms with Gasteiger partial charge in [-0.1, -0.05) is 5.16 Å². The fourth-order valence-corrected chi connectivity index (χ4v) is 1.56. The molecule has 0 aliphatic rings. The zero-order chi connectivity index (χ0) is 14.5. The first kappa shape index (κ1) is 15.1. The van der Waals surface area contributed by atoms with E-state index in [2.05, 4.69) is 10.1 Å². The van der Waals surface area contributed by atoms with Crippen molar-refractivity contribution in [1.29, 1.82) is 0 Å². The number of ether oxygens (including phenoxy) is 1. The second-order valence-electron chi connectivity index (χ2n) is 3.94. The summed E-state index contributed by atoms with van der Waals surface area (Å²) >= 11 is 1.16. The van der Waals surface area contributed by atoms with Crippen LogP contribution < -0.4 is 5.73 Å². The highest BCUT2D eigenvalue weighted by molar-refractivity contribution is 7.13. The molecule has 7 nitrogen and oxygen atoms in total. The van der Waals surface area contributed by atoms with E-state index >= 15 is 0 Å². The van der Waals surface area contributed by atoms with E-state index in [-0.39, 0.29) is 18.0 Å². The predicted octanol–water partition coefficient (Wildman–Crippen LogP) is 0.897. The Kier molecular flexibility index (Phi) is 4.99. The number of aromatic nitrogens is 1. The van der Waals surface area contributed by atoms with E-state index in [0.717, 1.165) is 11.3 Å². The first-order chi connectivity index (χ1) is 8.90. The smallest absolute Gasteiger partial charge is 0.352 e. The fourth-order valence-electron chi connectivity index (χ4n) is 1.02. The summed E-state index contributed by atoms with van der Waals surface area (Å²) in [6.07, 6.45) is 1.59. The van der Waals surface area contributed by atoms with Gasteiger partial charge in [-0.3, -0.25) is 4.79 Å². The lowest BCUT2D eigenvalue weighted by Gasteiger charge is -2.19. The van der Waals surface area contributed by atoms with Crippen molar-refractivity contribution < 1.29 is 19.2 Å². The summed E-state index contributed by atoms with van der Waals surface area (Å²) in [5.41, 5.74) is 4.23. The third-order valence-electron chi connectivity index (χ3n) is 1.99. The highest BCUT2D eigenvalue weighted by Gasteiger charge is 2.32. The SMILES string of the molecule is CCOC(=O)C(C)(C)O/N=C(\[C]=O)c1csc(N)n1. The first-order valence-electron chi connectivity index (χ1n) is 5.43. The van der Waals surface area contributed by atoms with Crippen LogP contribution in [0, 0.1) is 0 Å². The lowest BCUT2D eigenvalue weighted by Crippen LogP contribution is -2.35. The van der Waals surface area contributed by atoms with Gasteiger partial charge in [-0.05, 0) is 20.8 Å². The molecule has 0 aliphatic carbocycles. The zero-order valence-electron chi connectivity index (χ0n) is 10.8. The van der Waals surface area contributed by atoms with E-state index in [1.807, 2.05) is 0 Å². The molecule has 1 rings (SSSR count). The quantitative estimate of drug-likeness (QED) is 0.473. The van der Waals surface area contributed by atoms with E-state index in [1.165, 1.54) is 13.8 Å². The van der Waals surface area contributed by atoms with Crippen LogP contribution in [0.3, 0.4) is 0 Å². The van der Waals surface area contributed by atoms with E-state index in [4.69, 9.17) is 15.3 Å². The normalized spacial score (nSPS) is 12.1. The molecular weight excluding hydrogens is 270 g/mol. The molecule has 8 heteroatoms. The minimum absolute atomic E-state index is 0.162. The van der Waals surface area contributed by atoms with Crippen molar-refractivity contribution in [3.63, 3.8) is 0 Å².